The Bertz CT molecular complexity index is 448. The Morgan fingerprint density at radius 2 is 1.95 bits per heavy atom. The first-order valence-electron chi connectivity index (χ1n) is 7.41. The molecule has 0 saturated carbocycles. The van der Waals surface area contributed by atoms with Crippen molar-refractivity contribution in [3.8, 4) is 0 Å². The first kappa shape index (κ1) is 17.2. The van der Waals surface area contributed by atoms with Gasteiger partial charge in [-0.3, -0.25) is 9.59 Å². The molecular formula is C16H25N3O2. The Morgan fingerprint density at radius 1 is 1.29 bits per heavy atom. The number of rotatable bonds is 8. The van der Waals surface area contributed by atoms with E-state index in [-0.39, 0.29) is 30.9 Å². The van der Waals surface area contributed by atoms with Crippen molar-refractivity contribution in [1.29, 1.82) is 0 Å². The fourth-order valence-corrected chi connectivity index (χ4v) is 2.12. The third kappa shape index (κ3) is 5.55. The molecule has 0 aliphatic heterocycles. The summed E-state index contributed by atoms with van der Waals surface area (Å²) >= 11 is 0. The normalized spacial score (nSPS) is 11.8. The zero-order valence-electron chi connectivity index (χ0n) is 12.8. The molecule has 21 heavy (non-hydrogen) atoms. The maximum absolute atomic E-state index is 12.4. The minimum absolute atomic E-state index is 0.00305. The quantitative estimate of drug-likeness (QED) is 0.761. The monoisotopic (exact) mass is 291 g/mol. The van der Waals surface area contributed by atoms with Gasteiger partial charge in [0, 0.05) is 6.54 Å². The third-order valence-corrected chi connectivity index (χ3v) is 3.44. The van der Waals surface area contributed by atoms with Crippen LogP contribution in [-0.2, 0) is 9.59 Å². The summed E-state index contributed by atoms with van der Waals surface area (Å²) in [6, 6.07) is 9.88. The van der Waals surface area contributed by atoms with E-state index in [4.69, 9.17) is 5.73 Å². The van der Waals surface area contributed by atoms with E-state index in [1.807, 2.05) is 42.2 Å². The second-order valence-corrected chi connectivity index (χ2v) is 5.01. The number of benzene rings is 1. The van der Waals surface area contributed by atoms with Crippen molar-refractivity contribution in [2.45, 2.75) is 32.7 Å². The number of nitrogens with two attached hydrogens (primary N) is 1. The van der Waals surface area contributed by atoms with E-state index in [0.717, 1.165) is 18.4 Å². The molecule has 1 aromatic rings. The van der Waals surface area contributed by atoms with Gasteiger partial charge in [-0.1, -0.05) is 43.7 Å². The van der Waals surface area contributed by atoms with Crippen molar-refractivity contribution >= 4 is 11.8 Å². The molecule has 0 aromatic heterocycles. The fourth-order valence-electron chi connectivity index (χ4n) is 2.12. The zero-order chi connectivity index (χ0) is 15.7. The fraction of sp³-hybridized carbons (Fsp3) is 0.500. The summed E-state index contributed by atoms with van der Waals surface area (Å²) in [5.74, 6) is -0.396. The summed E-state index contributed by atoms with van der Waals surface area (Å²) in [5.41, 5.74) is 6.32. The Morgan fingerprint density at radius 3 is 2.52 bits per heavy atom. The van der Waals surface area contributed by atoms with Crippen LogP contribution in [0.25, 0.3) is 0 Å². The summed E-state index contributed by atoms with van der Waals surface area (Å²) in [6.45, 7) is 4.68. The Kier molecular flexibility index (Phi) is 7.46. The van der Waals surface area contributed by atoms with E-state index < -0.39 is 0 Å². The summed E-state index contributed by atoms with van der Waals surface area (Å²) < 4.78 is 0. The molecule has 0 aliphatic carbocycles. The van der Waals surface area contributed by atoms with Crippen LogP contribution in [0.4, 0.5) is 0 Å². The highest BCUT2D eigenvalue weighted by molar-refractivity contribution is 5.85. The van der Waals surface area contributed by atoms with Gasteiger partial charge >= 0.3 is 0 Å². The van der Waals surface area contributed by atoms with Gasteiger partial charge in [-0.05, 0) is 18.9 Å². The molecule has 0 bridgehead atoms. The van der Waals surface area contributed by atoms with Crippen molar-refractivity contribution in [2.24, 2.45) is 5.73 Å². The molecule has 1 unspecified atom stereocenters. The van der Waals surface area contributed by atoms with Gasteiger partial charge in [0.2, 0.25) is 11.8 Å². The van der Waals surface area contributed by atoms with E-state index >= 15 is 0 Å². The summed E-state index contributed by atoms with van der Waals surface area (Å²) in [5, 5.41) is 2.54. The van der Waals surface area contributed by atoms with E-state index in [1.165, 1.54) is 0 Å². The minimum atomic E-state index is -0.314. The second-order valence-electron chi connectivity index (χ2n) is 5.01. The lowest BCUT2D eigenvalue weighted by atomic mass is 10.1. The average Bonchev–Trinajstić information content (AvgIpc) is 2.53. The number of nitrogens with one attached hydrogen (secondary N) is 1. The molecule has 0 spiro atoms. The van der Waals surface area contributed by atoms with Gasteiger partial charge in [0.05, 0.1) is 19.1 Å². The molecule has 5 heteroatoms. The van der Waals surface area contributed by atoms with E-state index in [0.29, 0.717) is 6.54 Å². The smallest absolute Gasteiger partial charge is 0.242 e. The first-order valence-corrected chi connectivity index (χ1v) is 7.41. The molecule has 3 N–H and O–H groups in total. The number of carbonyl (C=O) groups is 2. The van der Waals surface area contributed by atoms with Crippen LogP contribution in [-0.4, -0.2) is 36.3 Å². The van der Waals surface area contributed by atoms with Crippen molar-refractivity contribution < 1.29 is 9.59 Å². The van der Waals surface area contributed by atoms with Crippen LogP contribution in [0, 0.1) is 0 Å². The van der Waals surface area contributed by atoms with Gasteiger partial charge < -0.3 is 16.0 Å². The van der Waals surface area contributed by atoms with Gasteiger partial charge in [0.15, 0.2) is 0 Å². The van der Waals surface area contributed by atoms with Crippen LogP contribution in [0.2, 0.25) is 0 Å². The topological polar surface area (TPSA) is 75.4 Å². The number of carbonyl (C=O) groups excluding carboxylic acids is 2. The maximum atomic E-state index is 12.4. The van der Waals surface area contributed by atoms with E-state index in [9.17, 15) is 9.59 Å². The van der Waals surface area contributed by atoms with Gasteiger partial charge in [-0.2, -0.15) is 0 Å². The van der Waals surface area contributed by atoms with Crippen LogP contribution in [0.3, 0.4) is 0 Å². The molecule has 0 heterocycles. The number of unbranched alkanes of at least 4 members (excludes halogenated alkanes) is 1. The van der Waals surface area contributed by atoms with Crippen molar-refractivity contribution in [3.63, 3.8) is 0 Å². The number of hydrogen-bond acceptors (Lipinski definition) is 3. The minimum Gasteiger partial charge on any atom is -0.346 e. The summed E-state index contributed by atoms with van der Waals surface area (Å²) in [6.07, 6.45) is 1.95. The Labute approximate surface area is 126 Å². The van der Waals surface area contributed by atoms with Crippen LogP contribution in [0.1, 0.15) is 38.3 Å². The number of hydrogen-bond donors (Lipinski definition) is 2. The van der Waals surface area contributed by atoms with Crippen molar-refractivity contribution in [1.82, 2.24) is 10.2 Å². The van der Waals surface area contributed by atoms with Crippen molar-refractivity contribution in [3.05, 3.63) is 35.9 Å². The molecular weight excluding hydrogens is 266 g/mol. The lowest BCUT2D eigenvalue weighted by molar-refractivity contribution is -0.134. The molecule has 1 rings (SSSR count). The summed E-state index contributed by atoms with van der Waals surface area (Å²) in [7, 11) is 0. The predicted molar refractivity (Wildman–Crippen MR) is 83.5 cm³/mol. The lowest BCUT2D eigenvalue weighted by Gasteiger charge is -2.30. The molecule has 2 amide bonds. The van der Waals surface area contributed by atoms with E-state index in [1.54, 1.807) is 0 Å². The Balaban J connectivity index is 2.74. The molecule has 0 aliphatic rings. The molecule has 0 fully saturated rings. The SMILES string of the molecule is CCCCN(C(=O)CNC(=O)CN)C(C)c1ccccc1. The molecule has 0 saturated heterocycles. The molecule has 5 nitrogen and oxygen atoms in total. The third-order valence-electron chi connectivity index (χ3n) is 3.44. The van der Waals surface area contributed by atoms with Gasteiger partial charge in [-0.25, -0.2) is 0 Å². The van der Waals surface area contributed by atoms with Crippen molar-refractivity contribution in [2.75, 3.05) is 19.6 Å². The molecule has 116 valence electrons. The average molecular weight is 291 g/mol. The van der Waals surface area contributed by atoms with Crippen LogP contribution in [0.5, 0.6) is 0 Å². The standard InChI is InChI=1S/C16H25N3O2/c1-3-4-10-19(16(21)12-18-15(20)11-17)13(2)14-8-6-5-7-9-14/h5-9,13H,3-4,10-12,17H2,1-2H3,(H,18,20). The highest BCUT2D eigenvalue weighted by Gasteiger charge is 2.20. The van der Waals surface area contributed by atoms with Crippen LogP contribution >= 0.6 is 0 Å². The highest BCUT2D eigenvalue weighted by Crippen LogP contribution is 2.20. The van der Waals surface area contributed by atoms with Crippen LogP contribution < -0.4 is 11.1 Å². The largest absolute Gasteiger partial charge is 0.346 e. The second kappa shape index (κ2) is 9.13. The maximum Gasteiger partial charge on any atom is 0.242 e. The Hall–Kier alpha value is -1.88. The van der Waals surface area contributed by atoms with Gasteiger partial charge in [-0.15, -0.1) is 0 Å². The molecule has 0 radical (unpaired) electrons. The van der Waals surface area contributed by atoms with Gasteiger partial charge in [0.25, 0.3) is 0 Å². The first-order chi connectivity index (χ1) is 10.1. The molecule has 1 aromatic carbocycles. The zero-order valence-corrected chi connectivity index (χ0v) is 12.8. The highest BCUT2D eigenvalue weighted by atomic mass is 16.2. The number of amides is 2. The molecule has 1 atom stereocenters. The van der Waals surface area contributed by atoms with E-state index in [2.05, 4.69) is 12.2 Å². The van der Waals surface area contributed by atoms with Gasteiger partial charge in [0.1, 0.15) is 0 Å². The lowest BCUT2D eigenvalue weighted by Crippen LogP contribution is -2.43. The number of nitrogens with zero attached hydrogens (tertiary/aromatic N) is 1. The summed E-state index contributed by atoms with van der Waals surface area (Å²) in [4.78, 5) is 25.4. The predicted octanol–water partition coefficient (Wildman–Crippen LogP) is 1.45. The van der Waals surface area contributed by atoms with Crippen LogP contribution in [0.15, 0.2) is 30.3 Å².